The van der Waals surface area contributed by atoms with Crippen molar-refractivity contribution in [2.24, 2.45) is 7.05 Å². The molecule has 4 aromatic rings. The molecule has 4 rings (SSSR count). The lowest BCUT2D eigenvalue weighted by Gasteiger charge is -2.09. The summed E-state index contributed by atoms with van der Waals surface area (Å²) in [5, 5.41) is 2.15. The van der Waals surface area contributed by atoms with Crippen LogP contribution in [0.2, 0.25) is 0 Å². The molecule has 0 bridgehead atoms. The summed E-state index contributed by atoms with van der Waals surface area (Å²) in [4.78, 5) is 8.95. The van der Waals surface area contributed by atoms with Crippen molar-refractivity contribution in [3.8, 4) is 22.4 Å². The van der Waals surface area contributed by atoms with Gasteiger partial charge in [0.25, 0.3) is 0 Å². The number of pyridine rings is 1. The Morgan fingerprint density at radius 3 is 2.54 bits per heavy atom. The molecule has 0 saturated heterocycles. The summed E-state index contributed by atoms with van der Waals surface area (Å²) in [5.74, 6) is -0.232. The zero-order valence-corrected chi connectivity index (χ0v) is 13.5. The van der Waals surface area contributed by atoms with Gasteiger partial charge in [0.1, 0.15) is 5.82 Å². The molecule has 0 aliphatic heterocycles. The number of benzene rings is 2. The molecule has 24 heavy (non-hydrogen) atoms. The van der Waals surface area contributed by atoms with Crippen LogP contribution in [0.1, 0.15) is 5.69 Å². The van der Waals surface area contributed by atoms with Crippen LogP contribution >= 0.6 is 0 Å². The van der Waals surface area contributed by atoms with Crippen molar-refractivity contribution in [1.29, 1.82) is 0 Å². The van der Waals surface area contributed by atoms with Crippen molar-refractivity contribution < 1.29 is 4.39 Å². The van der Waals surface area contributed by atoms with Gasteiger partial charge in [0, 0.05) is 36.1 Å². The summed E-state index contributed by atoms with van der Waals surface area (Å²) in [5.41, 5.74) is 4.68. The van der Waals surface area contributed by atoms with Gasteiger partial charge >= 0.3 is 0 Å². The molecule has 0 N–H and O–H groups in total. The molecule has 0 fully saturated rings. The van der Waals surface area contributed by atoms with E-state index in [0.29, 0.717) is 0 Å². The Hall–Kier alpha value is -3.01. The lowest BCUT2D eigenvalue weighted by molar-refractivity contribution is 0.628. The average Bonchev–Trinajstić information content (AvgIpc) is 3.01. The van der Waals surface area contributed by atoms with Crippen molar-refractivity contribution >= 4 is 10.8 Å². The maximum Gasteiger partial charge on any atom is 0.123 e. The molecule has 0 aliphatic rings. The molecule has 4 heteroatoms. The predicted octanol–water partition coefficient (Wildman–Crippen LogP) is 4.75. The Morgan fingerprint density at radius 2 is 1.79 bits per heavy atom. The van der Waals surface area contributed by atoms with Gasteiger partial charge in [-0.3, -0.25) is 4.98 Å². The zero-order chi connectivity index (χ0) is 16.7. The minimum absolute atomic E-state index is 0.232. The third-order valence-corrected chi connectivity index (χ3v) is 4.23. The fourth-order valence-corrected chi connectivity index (χ4v) is 2.98. The van der Waals surface area contributed by atoms with E-state index in [2.05, 4.69) is 22.1 Å². The minimum atomic E-state index is -0.232. The molecule has 0 amide bonds. The third kappa shape index (κ3) is 2.46. The van der Waals surface area contributed by atoms with Crippen LogP contribution in [-0.2, 0) is 7.05 Å². The van der Waals surface area contributed by atoms with E-state index < -0.39 is 0 Å². The number of halogens is 1. The normalized spacial score (nSPS) is 11.1. The Kier molecular flexibility index (Phi) is 3.38. The van der Waals surface area contributed by atoms with Gasteiger partial charge in [-0.25, -0.2) is 9.37 Å². The van der Waals surface area contributed by atoms with E-state index in [1.54, 1.807) is 18.5 Å². The smallest absolute Gasteiger partial charge is 0.123 e. The maximum atomic E-state index is 13.5. The van der Waals surface area contributed by atoms with E-state index in [1.165, 1.54) is 6.07 Å². The van der Waals surface area contributed by atoms with Gasteiger partial charge in [0.15, 0.2) is 0 Å². The molecule has 0 atom stereocenters. The topological polar surface area (TPSA) is 30.7 Å². The lowest BCUT2D eigenvalue weighted by atomic mass is 9.98. The number of aromatic nitrogens is 3. The van der Waals surface area contributed by atoms with Gasteiger partial charge in [-0.05, 0) is 41.6 Å². The summed E-state index contributed by atoms with van der Waals surface area (Å²) < 4.78 is 15.4. The fraction of sp³-hybridized carbons (Fsp3) is 0.100. The molecule has 118 valence electrons. The first-order valence-electron chi connectivity index (χ1n) is 7.75. The van der Waals surface area contributed by atoms with Crippen LogP contribution in [0.4, 0.5) is 4.39 Å². The van der Waals surface area contributed by atoms with Gasteiger partial charge in [0.2, 0.25) is 0 Å². The summed E-state index contributed by atoms with van der Waals surface area (Å²) in [6.07, 6.45) is 5.62. The summed E-state index contributed by atoms with van der Waals surface area (Å²) in [7, 11) is 1.95. The zero-order valence-electron chi connectivity index (χ0n) is 13.5. The highest BCUT2D eigenvalue weighted by molar-refractivity contribution is 5.98. The number of nitrogens with zero attached hydrogens (tertiary/aromatic N) is 3. The molecule has 3 nitrogen and oxygen atoms in total. The molecule has 0 spiro atoms. The van der Waals surface area contributed by atoms with Crippen LogP contribution in [0.3, 0.4) is 0 Å². The number of fused-ring (bicyclic) bond motifs is 1. The van der Waals surface area contributed by atoms with Gasteiger partial charge in [-0.2, -0.15) is 0 Å². The van der Waals surface area contributed by atoms with Gasteiger partial charge in [0.05, 0.1) is 12.0 Å². The molecule has 0 unspecified atom stereocenters. The number of imidazole rings is 1. The highest BCUT2D eigenvalue weighted by Crippen LogP contribution is 2.32. The molecule has 0 aliphatic carbocycles. The number of aryl methyl sites for hydroxylation is 2. The maximum absolute atomic E-state index is 13.5. The van der Waals surface area contributed by atoms with Crippen molar-refractivity contribution in [2.75, 3.05) is 0 Å². The molecule has 2 heterocycles. The van der Waals surface area contributed by atoms with Gasteiger partial charge in [-0.1, -0.05) is 24.3 Å². The van der Waals surface area contributed by atoms with E-state index in [0.717, 1.165) is 38.9 Å². The Balaban J connectivity index is 1.93. The average molecular weight is 317 g/mol. The molecule has 2 aromatic heterocycles. The minimum Gasteiger partial charge on any atom is -0.340 e. The van der Waals surface area contributed by atoms with Crippen LogP contribution in [0.5, 0.6) is 0 Å². The quantitative estimate of drug-likeness (QED) is 0.534. The Morgan fingerprint density at radius 1 is 0.958 bits per heavy atom. The van der Waals surface area contributed by atoms with Crippen molar-refractivity contribution in [3.05, 3.63) is 72.7 Å². The lowest BCUT2D eigenvalue weighted by Crippen LogP contribution is -1.90. The number of rotatable bonds is 2. The summed E-state index contributed by atoms with van der Waals surface area (Å²) in [6.45, 7) is 1.99. The molecule has 0 saturated carbocycles. The van der Waals surface area contributed by atoms with Gasteiger partial charge in [-0.15, -0.1) is 0 Å². The van der Waals surface area contributed by atoms with Crippen LogP contribution in [0.15, 0.2) is 61.2 Å². The van der Waals surface area contributed by atoms with E-state index in [1.807, 2.05) is 43.1 Å². The molecular weight excluding hydrogens is 301 g/mol. The van der Waals surface area contributed by atoms with Crippen LogP contribution < -0.4 is 0 Å². The standard InChI is InChI=1S/C20H16FN3/c1-13-18-9-15(14-4-3-5-16(21)8-14)6-7-17(18)19(10-22-13)20-11-24(2)12-23-20/h3-12H,1-2H3. The second kappa shape index (κ2) is 5.57. The number of hydrogen-bond donors (Lipinski definition) is 0. The molecule has 2 aromatic carbocycles. The van der Waals surface area contributed by atoms with Crippen LogP contribution in [0.25, 0.3) is 33.2 Å². The first kappa shape index (κ1) is 14.6. The van der Waals surface area contributed by atoms with Crippen molar-refractivity contribution in [1.82, 2.24) is 14.5 Å². The van der Waals surface area contributed by atoms with E-state index in [4.69, 9.17) is 0 Å². The van der Waals surface area contributed by atoms with E-state index >= 15 is 0 Å². The second-order valence-corrected chi connectivity index (χ2v) is 5.95. The molecule has 0 radical (unpaired) electrons. The van der Waals surface area contributed by atoms with Crippen LogP contribution in [-0.4, -0.2) is 14.5 Å². The third-order valence-electron chi connectivity index (χ3n) is 4.23. The number of hydrogen-bond acceptors (Lipinski definition) is 2. The fourth-order valence-electron chi connectivity index (χ4n) is 2.98. The summed E-state index contributed by atoms with van der Waals surface area (Å²) in [6, 6.07) is 12.8. The predicted molar refractivity (Wildman–Crippen MR) is 94.1 cm³/mol. The Labute approximate surface area is 139 Å². The first-order valence-corrected chi connectivity index (χ1v) is 7.75. The Bertz CT molecular complexity index is 1050. The van der Waals surface area contributed by atoms with Gasteiger partial charge < -0.3 is 4.57 Å². The highest BCUT2D eigenvalue weighted by atomic mass is 19.1. The molecular formula is C20H16FN3. The van der Waals surface area contributed by atoms with Crippen molar-refractivity contribution in [3.63, 3.8) is 0 Å². The second-order valence-electron chi connectivity index (χ2n) is 5.95. The van der Waals surface area contributed by atoms with E-state index in [-0.39, 0.29) is 5.82 Å². The van der Waals surface area contributed by atoms with Crippen molar-refractivity contribution in [2.45, 2.75) is 6.92 Å². The largest absolute Gasteiger partial charge is 0.340 e. The van der Waals surface area contributed by atoms with Crippen LogP contribution in [0, 0.1) is 12.7 Å². The monoisotopic (exact) mass is 317 g/mol. The first-order chi connectivity index (χ1) is 11.6. The SMILES string of the molecule is Cc1ncc(-c2cn(C)cn2)c2ccc(-c3cccc(F)c3)cc12. The highest BCUT2D eigenvalue weighted by Gasteiger charge is 2.10. The summed E-state index contributed by atoms with van der Waals surface area (Å²) >= 11 is 0. The van der Waals surface area contributed by atoms with E-state index in [9.17, 15) is 4.39 Å².